The van der Waals surface area contributed by atoms with E-state index >= 15 is 0 Å². The van der Waals surface area contributed by atoms with E-state index in [-0.39, 0.29) is 25.2 Å². The standard InChI is InChI=1S/C23H29NO5/c25-14-20(15-26)24-22-13-7-12-21(22)23(29-24,27-16-18-8-3-1-4-9-18)28-17-19-10-5-2-6-11-19/h1-6,8-11,20-22,25-26H,7,12-17H2. The van der Waals surface area contributed by atoms with Crippen molar-refractivity contribution in [2.24, 2.45) is 5.92 Å². The maximum absolute atomic E-state index is 9.73. The maximum Gasteiger partial charge on any atom is 0.304 e. The highest BCUT2D eigenvalue weighted by atomic mass is 16.9. The third-order valence-electron chi connectivity index (χ3n) is 5.84. The summed E-state index contributed by atoms with van der Waals surface area (Å²) in [7, 11) is 0. The number of hydrogen-bond donors (Lipinski definition) is 2. The van der Waals surface area contributed by atoms with E-state index in [9.17, 15) is 10.2 Å². The van der Waals surface area contributed by atoms with Gasteiger partial charge < -0.3 is 19.7 Å². The molecule has 6 nitrogen and oxygen atoms in total. The minimum atomic E-state index is -1.24. The quantitative estimate of drug-likeness (QED) is 0.632. The summed E-state index contributed by atoms with van der Waals surface area (Å²) < 4.78 is 12.7. The van der Waals surface area contributed by atoms with Crippen LogP contribution in [0.3, 0.4) is 0 Å². The SMILES string of the molecule is OCC(CO)N1OC(OCc2ccccc2)(OCc2ccccc2)C2CCCC21. The molecule has 2 fully saturated rings. The van der Waals surface area contributed by atoms with Crippen LogP contribution < -0.4 is 0 Å². The molecule has 2 aromatic carbocycles. The predicted octanol–water partition coefficient (Wildman–Crippen LogP) is 2.84. The van der Waals surface area contributed by atoms with Crippen LogP contribution in [0.4, 0.5) is 0 Å². The second-order valence-corrected chi connectivity index (χ2v) is 7.73. The second kappa shape index (κ2) is 9.34. The average molecular weight is 399 g/mol. The van der Waals surface area contributed by atoms with Gasteiger partial charge in [-0.05, 0) is 24.0 Å². The largest absolute Gasteiger partial charge is 0.395 e. The molecule has 1 saturated carbocycles. The van der Waals surface area contributed by atoms with Crippen molar-refractivity contribution in [2.45, 2.75) is 50.5 Å². The molecule has 4 rings (SSSR count). The Morgan fingerprint density at radius 1 is 0.897 bits per heavy atom. The first-order valence-electron chi connectivity index (χ1n) is 10.3. The summed E-state index contributed by atoms with van der Waals surface area (Å²) in [5.41, 5.74) is 2.07. The molecule has 0 spiro atoms. The van der Waals surface area contributed by atoms with E-state index in [4.69, 9.17) is 14.3 Å². The van der Waals surface area contributed by atoms with Gasteiger partial charge in [-0.25, -0.2) is 4.84 Å². The van der Waals surface area contributed by atoms with E-state index in [1.165, 1.54) is 0 Å². The van der Waals surface area contributed by atoms with Crippen LogP contribution in [-0.2, 0) is 27.5 Å². The van der Waals surface area contributed by atoms with E-state index in [0.29, 0.717) is 13.2 Å². The molecule has 0 aromatic heterocycles. The number of aliphatic hydroxyl groups excluding tert-OH is 2. The van der Waals surface area contributed by atoms with E-state index in [2.05, 4.69) is 0 Å². The second-order valence-electron chi connectivity index (χ2n) is 7.73. The molecular formula is C23H29NO5. The van der Waals surface area contributed by atoms with E-state index < -0.39 is 12.0 Å². The lowest BCUT2D eigenvalue weighted by Gasteiger charge is -2.33. The molecule has 1 saturated heterocycles. The highest BCUT2D eigenvalue weighted by molar-refractivity contribution is 5.14. The first-order chi connectivity index (χ1) is 14.3. The Bertz CT molecular complexity index is 709. The van der Waals surface area contributed by atoms with Gasteiger partial charge in [-0.1, -0.05) is 67.1 Å². The van der Waals surface area contributed by atoms with Gasteiger partial charge in [-0.3, -0.25) is 0 Å². The third-order valence-corrected chi connectivity index (χ3v) is 5.84. The fraction of sp³-hybridized carbons (Fsp3) is 0.478. The third kappa shape index (κ3) is 4.38. The number of hydroxylamine groups is 2. The first kappa shape index (κ1) is 20.5. The van der Waals surface area contributed by atoms with Gasteiger partial charge in [-0.15, -0.1) is 0 Å². The molecule has 2 aliphatic rings. The number of ether oxygens (including phenoxy) is 2. The van der Waals surface area contributed by atoms with Crippen molar-refractivity contribution >= 4 is 0 Å². The Kier molecular flexibility index (Phi) is 6.60. The molecule has 156 valence electrons. The Morgan fingerprint density at radius 3 is 1.97 bits per heavy atom. The molecule has 2 aromatic rings. The summed E-state index contributed by atoms with van der Waals surface area (Å²) in [6.07, 6.45) is 2.87. The smallest absolute Gasteiger partial charge is 0.304 e. The van der Waals surface area contributed by atoms with Gasteiger partial charge in [0.1, 0.15) is 0 Å². The van der Waals surface area contributed by atoms with Crippen molar-refractivity contribution in [1.29, 1.82) is 0 Å². The minimum absolute atomic E-state index is 0.00974. The van der Waals surface area contributed by atoms with Crippen molar-refractivity contribution in [3.8, 4) is 0 Å². The number of aliphatic hydroxyl groups is 2. The van der Waals surface area contributed by atoms with Gasteiger partial charge in [0.25, 0.3) is 0 Å². The topological polar surface area (TPSA) is 71.4 Å². The van der Waals surface area contributed by atoms with Gasteiger partial charge in [-0.2, -0.15) is 5.06 Å². The molecule has 0 radical (unpaired) electrons. The predicted molar refractivity (Wildman–Crippen MR) is 107 cm³/mol. The average Bonchev–Trinajstić information content (AvgIpc) is 3.37. The number of nitrogens with zero attached hydrogens (tertiary/aromatic N) is 1. The van der Waals surface area contributed by atoms with Gasteiger partial charge in [0, 0.05) is 6.04 Å². The van der Waals surface area contributed by atoms with Crippen LogP contribution in [0.1, 0.15) is 30.4 Å². The summed E-state index contributed by atoms with van der Waals surface area (Å²) >= 11 is 0. The number of rotatable bonds is 9. The van der Waals surface area contributed by atoms with E-state index in [1.54, 1.807) is 5.06 Å². The Hall–Kier alpha value is -1.80. The number of fused-ring (bicyclic) bond motifs is 1. The Balaban J connectivity index is 1.58. The summed E-state index contributed by atoms with van der Waals surface area (Å²) in [5.74, 6) is -1.23. The van der Waals surface area contributed by atoms with Crippen LogP contribution in [0, 0.1) is 5.92 Å². The molecule has 6 heteroatoms. The zero-order valence-electron chi connectivity index (χ0n) is 16.5. The van der Waals surface area contributed by atoms with Crippen molar-refractivity contribution in [1.82, 2.24) is 5.06 Å². The van der Waals surface area contributed by atoms with Gasteiger partial charge in [0.2, 0.25) is 0 Å². The first-order valence-corrected chi connectivity index (χ1v) is 10.3. The van der Waals surface area contributed by atoms with Crippen LogP contribution in [0.25, 0.3) is 0 Å². The molecule has 2 N–H and O–H groups in total. The molecule has 1 aliphatic heterocycles. The summed E-state index contributed by atoms with van der Waals surface area (Å²) in [5, 5.41) is 21.2. The number of hydrogen-bond acceptors (Lipinski definition) is 6. The zero-order chi connectivity index (χ0) is 20.1. The Labute approximate surface area is 171 Å². The van der Waals surface area contributed by atoms with Crippen LogP contribution in [0.5, 0.6) is 0 Å². The van der Waals surface area contributed by atoms with Crippen molar-refractivity contribution in [3.05, 3.63) is 71.8 Å². The van der Waals surface area contributed by atoms with Crippen LogP contribution in [0.15, 0.2) is 60.7 Å². The zero-order valence-corrected chi connectivity index (χ0v) is 16.5. The van der Waals surface area contributed by atoms with Gasteiger partial charge in [0.15, 0.2) is 0 Å². The van der Waals surface area contributed by atoms with Gasteiger partial charge in [0.05, 0.1) is 38.4 Å². The summed E-state index contributed by atoms with van der Waals surface area (Å²) in [4.78, 5) is 6.27. The monoisotopic (exact) mass is 399 g/mol. The lowest BCUT2D eigenvalue weighted by atomic mass is 10.0. The molecule has 1 aliphatic carbocycles. The van der Waals surface area contributed by atoms with Crippen molar-refractivity contribution in [2.75, 3.05) is 13.2 Å². The summed E-state index contributed by atoms with van der Waals surface area (Å²) in [6.45, 7) is 0.339. The van der Waals surface area contributed by atoms with Crippen LogP contribution in [-0.4, -0.2) is 46.5 Å². The Morgan fingerprint density at radius 2 is 1.45 bits per heavy atom. The van der Waals surface area contributed by atoms with Crippen LogP contribution >= 0.6 is 0 Å². The minimum Gasteiger partial charge on any atom is -0.395 e. The molecule has 0 amide bonds. The lowest BCUT2D eigenvalue weighted by Crippen LogP contribution is -2.45. The van der Waals surface area contributed by atoms with E-state index in [1.807, 2.05) is 60.7 Å². The van der Waals surface area contributed by atoms with Crippen molar-refractivity contribution < 1.29 is 24.5 Å². The molecule has 0 bridgehead atoms. The molecule has 1 heterocycles. The molecular weight excluding hydrogens is 370 g/mol. The van der Waals surface area contributed by atoms with Gasteiger partial charge >= 0.3 is 5.97 Å². The maximum atomic E-state index is 9.73. The molecule has 2 unspecified atom stereocenters. The highest BCUT2D eigenvalue weighted by Gasteiger charge is 2.60. The van der Waals surface area contributed by atoms with E-state index in [0.717, 1.165) is 30.4 Å². The number of benzene rings is 2. The molecule has 29 heavy (non-hydrogen) atoms. The molecule has 2 atom stereocenters. The normalized spacial score (nSPS) is 23.6. The highest BCUT2D eigenvalue weighted by Crippen LogP contribution is 2.49. The lowest BCUT2D eigenvalue weighted by molar-refractivity contribution is -0.440. The van der Waals surface area contributed by atoms with Crippen LogP contribution in [0.2, 0.25) is 0 Å². The summed E-state index contributed by atoms with van der Waals surface area (Å²) in [6, 6.07) is 19.4. The fourth-order valence-corrected chi connectivity index (χ4v) is 4.33. The fourth-order valence-electron chi connectivity index (χ4n) is 4.33. The van der Waals surface area contributed by atoms with Crippen molar-refractivity contribution in [3.63, 3.8) is 0 Å².